The van der Waals surface area contributed by atoms with E-state index in [0.717, 1.165) is 38.5 Å². The minimum absolute atomic E-state index is 0.0147. The van der Waals surface area contributed by atoms with Gasteiger partial charge in [0.2, 0.25) is 5.91 Å². The topological polar surface area (TPSA) is 61.4 Å². The highest BCUT2D eigenvalue weighted by Gasteiger charge is 2.43. The van der Waals surface area contributed by atoms with Crippen LogP contribution >= 0.6 is 0 Å². The molecule has 3 N–H and O–H groups in total. The largest absolute Gasteiger partial charge is 0.391 e. The van der Waals surface area contributed by atoms with Gasteiger partial charge < -0.3 is 15.7 Å². The standard InChI is InChI=1S/C14H24N2O2/c17-13-5-3-1-2-4-12(13)16-14(18)10-8-9-6-7-11(10)15-9/h9-13,15,17H,1-8H2,(H,16,18). The Balaban J connectivity index is 1.56. The molecule has 4 nitrogen and oxygen atoms in total. The fourth-order valence-electron chi connectivity index (χ4n) is 3.86. The number of nitrogens with one attached hydrogen (secondary N) is 2. The molecule has 3 fully saturated rings. The van der Waals surface area contributed by atoms with Crippen LogP contribution in [0.4, 0.5) is 0 Å². The van der Waals surface area contributed by atoms with Gasteiger partial charge in [-0.25, -0.2) is 0 Å². The summed E-state index contributed by atoms with van der Waals surface area (Å²) in [5.74, 6) is 0.305. The molecule has 5 unspecified atom stereocenters. The summed E-state index contributed by atoms with van der Waals surface area (Å²) in [6, 6.07) is 0.932. The molecule has 0 aromatic carbocycles. The van der Waals surface area contributed by atoms with Gasteiger partial charge >= 0.3 is 0 Å². The minimum atomic E-state index is -0.344. The summed E-state index contributed by atoms with van der Waals surface area (Å²) in [4.78, 5) is 12.3. The first kappa shape index (κ1) is 12.4. The lowest BCUT2D eigenvalue weighted by atomic mass is 9.88. The Morgan fingerprint density at radius 3 is 2.67 bits per heavy atom. The van der Waals surface area contributed by atoms with E-state index in [1.165, 1.54) is 12.8 Å². The molecule has 3 rings (SSSR count). The van der Waals surface area contributed by atoms with Crippen molar-refractivity contribution >= 4 is 5.91 Å². The maximum atomic E-state index is 12.3. The molecule has 4 heteroatoms. The predicted octanol–water partition coefficient (Wildman–Crippen LogP) is 0.937. The third-order valence-corrected chi connectivity index (χ3v) is 4.94. The molecule has 1 saturated carbocycles. The fraction of sp³-hybridized carbons (Fsp3) is 0.929. The first-order valence-corrected chi connectivity index (χ1v) is 7.48. The molecular weight excluding hydrogens is 228 g/mol. The molecule has 0 aromatic rings. The Labute approximate surface area is 109 Å². The number of amides is 1. The number of carbonyl (C=O) groups is 1. The van der Waals surface area contributed by atoms with Crippen LogP contribution in [0.1, 0.15) is 51.4 Å². The summed E-state index contributed by atoms with van der Waals surface area (Å²) in [5, 5.41) is 16.6. The second kappa shape index (κ2) is 5.17. The Hall–Kier alpha value is -0.610. The highest BCUT2D eigenvalue weighted by Crippen LogP contribution is 2.33. The maximum Gasteiger partial charge on any atom is 0.225 e. The van der Waals surface area contributed by atoms with E-state index >= 15 is 0 Å². The first-order valence-electron chi connectivity index (χ1n) is 7.48. The van der Waals surface area contributed by atoms with Crippen LogP contribution in [0, 0.1) is 5.92 Å². The Morgan fingerprint density at radius 2 is 1.94 bits per heavy atom. The molecule has 2 bridgehead atoms. The lowest BCUT2D eigenvalue weighted by molar-refractivity contribution is -0.127. The molecule has 102 valence electrons. The molecule has 0 aromatic heterocycles. The van der Waals surface area contributed by atoms with E-state index in [-0.39, 0.29) is 24.0 Å². The second-order valence-corrected chi connectivity index (χ2v) is 6.21. The number of rotatable bonds is 2. The molecule has 0 radical (unpaired) electrons. The van der Waals surface area contributed by atoms with Crippen molar-refractivity contribution < 1.29 is 9.90 Å². The molecule has 2 aliphatic heterocycles. The molecule has 2 saturated heterocycles. The minimum Gasteiger partial charge on any atom is -0.391 e. The van der Waals surface area contributed by atoms with E-state index in [9.17, 15) is 9.90 Å². The zero-order valence-corrected chi connectivity index (χ0v) is 10.9. The number of hydrogen-bond acceptors (Lipinski definition) is 3. The van der Waals surface area contributed by atoms with E-state index in [2.05, 4.69) is 10.6 Å². The average Bonchev–Trinajstić information content (AvgIpc) is 2.93. The van der Waals surface area contributed by atoms with Crippen molar-refractivity contribution in [2.75, 3.05) is 0 Å². The van der Waals surface area contributed by atoms with Gasteiger partial charge in [0.15, 0.2) is 0 Å². The van der Waals surface area contributed by atoms with Gasteiger partial charge in [-0.1, -0.05) is 19.3 Å². The Kier molecular flexibility index (Phi) is 3.57. The lowest BCUT2D eigenvalue weighted by Gasteiger charge is -2.26. The zero-order chi connectivity index (χ0) is 12.5. The van der Waals surface area contributed by atoms with Crippen molar-refractivity contribution in [1.82, 2.24) is 10.6 Å². The van der Waals surface area contributed by atoms with E-state index in [0.29, 0.717) is 12.1 Å². The summed E-state index contributed by atoms with van der Waals surface area (Å²) in [6.07, 6.45) is 8.15. The summed E-state index contributed by atoms with van der Waals surface area (Å²) >= 11 is 0. The van der Waals surface area contributed by atoms with Crippen molar-refractivity contribution in [2.24, 2.45) is 5.92 Å². The van der Waals surface area contributed by atoms with Crippen LogP contribution in [0.25, 0.3) is 0 Å². The molecule has 2 heterocycles. The number of carbonyl (C=O) groups excluding carboxylic acids is 1. The molecular formula is C14H24N2O2. The fourth-order valence-corrected chi connectivity index (χ4v) is 3.86. The van der Waals surface area contributed by atoms with Gasteiger partial charge in [0.25, 0.3) is 0 Å². The Morgan fingerprint density at radius 1 is 1.11 bits per heavy atom. The van der Waals surface area contributed by atoms with Gasteiger partial charge in [0.1, 0.15) is 0 Å². The van der Waals surface area contributed by atoms with Crippen molar-refractivity contribution in [3.05, 3.63) is 0 Å². The molecule has 5 atom stereocenters. The lowest BCUT2D eigenvalue weighted by Crippen LogP contribution is -2.47. The summed E-state index contributed by atoms with van der Waals surface area (Å²) < 4.78 is 0. The number of aliphatic hydroxyl groups is 1. The molecule has 0 spiro atoms. The molecule has 3 aliphatic rings. The van der Waals surface area contributed by atoms with Crippen molar-refractivity contribution in [2.45, 2.75) is 75.6 Å². The normalized spacial score (nSPS) is 43.7. The monoisotopic (exact) mass is 252 g/mol. The van der Waals surface area contributed by atoms with Crippen molar-refractivity contribution in [1.29, 1.82) is 0 Å². The van der Waals surface area contributed by atoms with Crippen LogP contribution in [-0.2, 0) is 4.79 Å². The van der Waals surface area contributed by atoms with Gasteiger partial charge in [-0.2, -0.15) is 0 Å². The van der Waals surface area contributed by atoms with Crippen LogP contribution < -0.4 is 10.6 Å². The third-order valence-electron chi connectivity index (χ3n) is 4.94. The van der Waals surface area contributed by atoms with E-state index < -0.39 is 0 Å². The molecule has 1 aliphatic carbocycles. The van der Waals surface area contributed by atoms with Gasteiger partial charge in [-0.3, -0.25) is 4.79 Å². The number of aliphatic hydroxyl groups excluding tert-OH is 1. The zero-order valence-electron chi connectivity index (χ0n) is 10.9. The van der Waals surface area contributed by atoms with Gasteiger partial charge in [-0.15, -0.1) is 0 Å². The van der Waals surface area contributed by atoms with E-state index in [1.807, 2.05) is 0 Å². The number of hydrogen-bond donors (Lipinski definition) is 3. The average molecular weight is 252 g/mol. The van der Waals surface area contributed by atoms with Crippen molar-refractivity contribution in [3.63, 3.8) is 0 Å². The quantitative estimate of drug-likeness (QED) is 0.641. The summed E-state index contributed by atoms with van der Waals surface area (Å²) in [6.45, 7) is 0. The van der Waals surface area contributed by atoms with Gasteiger partial charge in [0.05, 0.1) is 18.1 Å². The van der Waals surface area contributed by atoms with E-state index in [4.69, 9.17) is 0 Å². The first-order chi connectivity index (χ1) is 8.74. The predicted molar refractivity (Wildman–Crippen MR) is 69.1 cm³/mol. The van der Waals surface area contributed by atoms with E-state index in [1.54, 1.807) is 0 Å². The maximum absolute atomic E-state index is 12.3. The third kappa shape index (κ3) is 2.41. The van der Waals surface area contributed by atoms with Crippen LogP contribution in [0.3, 0.4) is 0 Å². The number of fused-ring (bicyclic) bond motifs is 2. The molecule has 1 amide bonds. The smallest absolute Gasteiger partial charge is 0.225 e. The highest BCUT2D eigenvalue weighted by atomic mass is 16.3. The molecule has 18 heavy (non-hydrogen) atoms. The summed E-state index contributed by atoms with van der Waals surface area (Å²) in [7, 11) is 0. The summed E-state index contributed by atoms with van der Waals surface area (Å²) in [5.41, 5.74) is 0. The van der Waals surface area contributed by atoms with Gasteiger partial charge in [0, 0.05) is 12.1 Å². The van der Waals surface area contributed by atoms with Crippen LogP contribution in [0.5, 0.6) is 0 Å². The Bertz CT molecular complexity index is 321. The highest BCUT2D eigenvalue weighted by molar-refractivity contribution is 5.80. The SMILES string of the molecule is O=C(NC1CCCCCC1O)C1CC2CCC1N2. The van der Waals surface area contributed by atoms with Crippen molar-refractivity contribution in [3.8, 4) is 0 Å². The second-order valence-electron chi connectivity index (χ2n) is 6.21. The van der Waals surface area contributed by atoms with Crippen LogP contribution in [-0.4, -0.2) is 35.2 Å². The van der Waals surface area contributed by atoms with Crippen LogP contribution in [0.15, 0.2) is 0 Å². The van der Waals surface area contributed by atoms with Crippen LogP contribution in [0.2, 0.25) is 0 Å². The van der Waals surface area contributed by atoms with Gasteiger partial charge in [-0.05, 0) is 32.1 Å².